The second-order valence-corrected chi connectivity index (χ2v) is 11.7. The van der Waals surface area contributed by atoms with Crippen LogP contribution in [0, 0.1) is 11.6 Å². The molecule has 2 heterocycles. The quantitative estimate of drug-likeness (QED) is 0.287. The zero-order chi connectivity index (χ0) is 29.0. The van der Waals surface area contributed by atoms with Crippen molar-refractivity contribution in [2.75, 3.05) is 38.5 Å². The topological polar surface area (TPSA) is 96.4 Å². The lowest BCUT2D eigenvalue weighted by Gasteiger charge is -2.44. The monoisotopic (exact) mass is 584 g/mol. The summed E-state index contributed by atoms with van der Waals surface area (Å²) in [5.41, 5.74) is 2.12. The number of halogens is 2. The molecule has 3 aromatic rings. The predicted molar refractivity (Wildman–Crippen MR) is 147 cm³/mol. The molecule has 1 N–H and O–H groups in total. The lowest BCUT2D eigenvalue weighted by molar-refractivity contribution is -0.297. The third kappa shape index (κ3) is 6.54. The summed E-state index contributed by atoms with van der Waals surface area (Å²) in [4.78, 5) is 27.8. The van der Waals surface area contributed by atoms with E-state index in [4.69, 9.17) is 9.47 Å². The number of hydrogen-bond acceptors (Lipinski definition) is 8. The molecule has 0 bridgehead atoms. The largest absolute Gasteiger partial charge is 0.422 e. The molecule has 0 aromatic heterocycles. The van der Waals surface area contributed by atoms with Crippen LogP contribution in [-0.2, 0) is 36.3 Å². The Balaban J connectivity index is 1.24. The third-order valence-corrected chi connectivity index (χ3v) is 9.02. The van der Waals surface area contributed by atoms with Crippen LogP contribution in [0.15, 0.2) is 78.9 Å². The number of piperazine rings is 1. The van der Waals surface area contributed by atoms with Crippen LogP contribution in [0.3, 0.4) is 0 Å². The molecule has 2 atom stereocenters. The van der Waals surface area contributed by atoms with Gasteiger partial charge in [-0.15, -0.1) is 0 Å². The Morgan fingerprint density at radius 3 is 1.83 bits per heavy atom. The van der Waals surface area contributed by atoms with E-state index < -0.39 is 51.6 Å². The van der Waals surface area contributed by atoms with E-state index in [2.05, 4.69) is 4.90 Å². The molecule has 0 amide bonds. The van der Waals surface area contributed by atoms with Gasteiger partial charge in [-0.2, -0.15) is 0 Å². The lowest BCUT2D eigenvalue weighted by atomic mass is 10.0. The first-order valence-corrected chi connectivity index (χ1v) is 14.7. The number of aliphatic hydroxyl groups is 1. The lowest BCUT2D eigenvalue weighted by Crippen LogP contribution is -2.63. The molecule has 2 aliphatic heterocycles. The molecule has 216 valence electrons. The van der Waals surface area contributed by atoms with Crippen LogP contribution < -0.4 is 0 Å². The third-order valence-electron chi connectivity index (χ3n) is 7.37. The van der Waals surface area contributed by atoms with Crippen molar-refractivity contribution < 1.29 is 37.2 Å². The van der Waals surface area contributed by atoms with Gasteiger partial charge in [0.25, 0.3) is 0 Å². The smallest absolute Gasteiger partial charge is 0.397 e. The summed E-state index contributed by atoms with van der Waals surface area (Å²) < 4.78 is 51.4. The van der Waals surface area contributed by atoms with E-state index in [-0.39, 0.29) is 6.42 Å². The van der Waals surface area contributed by atoms with Gasteiger partial charge in [-0.3, -0.25) is 9.11 Å². The summed E-state index contributed by atoms with van der Waals surface area (Å²) in [6.45, 7) is 2.06. The first-order valence-electron chi connectivity index (χ1n) is 13.3. The molecule has 0 saturated carbocycles. The molecule has 0 spiro atoms. The minimum absolute atomic E-state index is 0.106. The highest BCUT2D eigenvalue weighted by Crippen LogP contribution is 2.33. The Hall–Kier alpha value is -3.51. The Bertz CT molecular complexity index is 1320. The van der Waals surface area contributed by atoms with Crippen LogP contribution in [0.4, 0.5) is 8.78 Å². The van der Waals surface area contributed by atoms with Gasteiger partial charge in [0.15, 0.2) is 6.10 Å². The summed E-state index contributed by atoms with van der Waals surface area (Å²) in [7, 11) is -1.41. The van der Waals surface area contributed by atoms with Crippen LogP contribution in [-0.4, -0.2) is 81.5 Å². The maximum Gasteiger partial charge on any atom is 0.422 e. The van der Waals surface area contributed by atoms with Crippen LogP contribution in [0.25, 0.3) is 0 Å². The summed E-state index contributed by atoms with van der Waals surface area (Å²) in [5.74, 6) is -4.73. The van der Waals surface area contributed by atoms with Crippen molar-refractivity contribution in [2.24, 2.45) is 0 Å². The van der Waals surface area contributed by atoms with E-state index in [1.165, 1.54) is 24.3 Å². The molecule has 41 heavy (non-hydrogen) atoms. The molecule has 2 saturated heterocycles. The number of nitrogens with zero attached hydrogens (tertiary/aromatic N) is 2. The number of carbonyl (C=O) groups excluding carboxylic acids is 2. The van der Waals surface area contributed by atoms with Crippen molar-refractivity contribution in [3.05, 3.63) is 107 Å². The molecule has 0 aliphatic carbocycles. The van der Waals surface area contributed by atoms with Crippen molar-refractivity contribution in [2.45, 2.75) is 23.7 Å². The Morgan fingerprint density at radius 1 is 0.805 bits per heavy atom. The number of benzene rings is 3. The molecular weight excluding hydrogens is 554 g/mol. The summed E-state index contributed by atoms with van der Waals surface area (Å²) >= 11 is 0. The number of carbonyl (C=O) groups is 2. The average molecular weight is 585 g/mol. The van der Waals surface area contributed by atoms with Crippen LogP contribution in [0.5, 0.6) is 0 Å². The Labute approximate surface area is 238 Å². The number of rotatable bonds is 10. The van der Waals surface area contributed by atoms with E-state index in [0.29, 0.717) is 49.6 Å². The van der Waals surface area contributed by atoms with Gasteiger partial charge in [-0.25, -0.2) is 23.3 Å². The molecule has 5 rings (SSSR count). The summed E-state index contributed by atoms with van der Waals surface area (Å²) in [5, 5.41) is 10.5. The van der Waals surface area contributed by atoms with Gasteiger partial charge < -0.3 is 14.6 Å². The van der Waals surface area contributed by atoms with E-state index in [9.17, 15) is 27.7 Å². The number of cyclic esters (lactones) is 2. The van der Waals surface area contributed by atoms with Gasteiger partial charge in [-0.1, -0.05) is 54.6 Å². The van der Waals surface area contributed by atoms with Gasteiger partial charge >= 0.3 is 17.8 Å². The van der Waals surface area contributed by atoms with Gasteiger partial charge in [0.05, 0.1) is 5.25 Å². The predicted octanol–water partition coefficient (Wildman–Crippen LogP) is 2.78. The van der Waals surface area contributed by atoms with Gasteiger partial charge in [-0.05, 0) is 41.0 Å². The van der Waals surface area contributed by atoms with Crippen molar-refractivity contribution in [1.82, 2.24) is 9.80 Å². The van der Waals surface area contributed by atoms with Crippen molar-refractivity contribution in [3.63, 3.8) is 0 Å². The minimum Gasteiger partial charge on any atom is -0.397 e. The van der Waals surface area contributed by atoms with Crippen LogP contribution in [0.1, 0.15) is 21.9 Å². The average Bonchev–Trinajstić information content (AvgIpc) is 3.29. The van der Waals surface area contributed by atoms with Gasteiger partial charge in [0.2, 0.25) is 0 Å². The second kappa shape index (κ2) is 12.6. The molecule has 0 radical (unpaired) electrons. The zero-order valence-corrected chi connectivity index (χ0v) is 23.0. The normalized spacial score (nSPS) is 19.1. The molecule has 2 fully saturated rings. The Morgan fingerprint density at radius 2 is 1.32 bits per heavy atom. The number of aliphatic hydroxyl groups excluding tert-OH is 1. The maximum absolute atomic E-state index is 13.6. The number of esters is 2. The fraction of sp³-hybridized carbons (Fsp3) is 0.333. The standard InChI is InChI=1S/C30H30F2N2O6S/c31-24-10-6-22(7-11-24)27(23-8-12-25(32)13-9-23)41(38)19-18-33-14-16-34(17-15-33)30(39-28(36)29(37)40-30)26(35)20-21-4-2-1-3-5-21/h1-13,26-27,35H,14-20H2. The molecule has 8 nitrogen and oxygen atoms in total. The summed E-state index contributed by atoms with van der Waals surface area (Å²) in [6.07, 6.45) is -1.21. The fourth-order valence-corrected chi connectivity index (χ4v) is 6.80. The van der Waals surface area contributed by atoms with E-state index >= 15 is 0 Å². The first-order chi connectivity index (χ1) is 19.7. The second-order valence-electron chi connectivity index (χ2n) is 10.0. The molecule has 2 aliphatic rings. The van der Waals surface area contributed by atoms with Gasteiger partial charge in [0, 0.05) is 55.7 Å². The molecule has 3 aromatic carbocycles. The fourth-order valence-electron chi connectivity index (χ4n) is 5.20. The molecule has 2 unspecified atom stereocenters. The van der Waals surface area contributed by atoms with Crippen molar-refractivity contribution >= 4 is 22.7 Å². The van der Waals surface area contributed by atoms with E-state index in [1.807, 2.05) is 30.3 Å². The van der Waals surface area contributed by atoms with Crippen molar-refractivity contribution in [3.8, 4) is 0 Å². The van der Waals surface area contributed by atoms with Crippen molar-refractivity contribution in [1.29, 1.82) is 0 Å². The van der Waals surface area contributed by atoms with Crippen LogP contribution in [0.2, 0.25) is 0 Å². The van der Waals surface area contributed by atoms with Crippen LogP contribution >= 0.6 is 0 Å². The van der Waals surface area contributed by atoms with E-state index in [1.54, 1.807) is 29.2 Å². The number of ether oxygens (including phenoxy) is 2. The highest BCUT2D eigenvalue weighted by molar-refractivity contribution is 7.85. The Kier molecular flexibility index (Phi) is 8.88. The summed E-state index contributed by atoms with van der Waals surface area (Å²) in [6, 6.07) is 20.7. The molecular formula is C30H30F2N2O6S. The SMILES string of the molecule is O=C1OC(C(O)Cc2ccccc2)(N2CCN(CCS(=O)C(c3ccc(F)cc3)c3ccc(F)cc3)CC2)OC1=O. The minimum atomic E-state index is -1.92. The number of hydrogen-bond donors (Lipinski definition) is 1. The maximum atomic E-state index is 13.6. The highest BCUT2D eigenvalue weighted by atomic mass is 32.2. The first kappa shape index (κ1) is 29.0. The zero-order valence-electron chi connectivity index (χ0n) is 22.2. The highest BCUT2D eigenvalue weighted by Gasteiger charge is 2.58. The molecule has 11 heteroatoms. The van der Waals surface area contributed by atoms with Gasteiger partial charge in [0.1, 0.15) is 11.6 Å². The van der Waals surface area contributed by atoms with E-state index in [0.717, 1.165) is 5.56 Å².